The minimum absolute atomic E-state index is 0.0389. The first-order valence-corrected chi connectivity index (χ1v) is 10.6. The summed E-state index contributed by atoms with van der Waals surface area (Å²) >= 11 is 0. The van der Waals surface area contributed by atoms with Crippen LogP contribution in [0.3, 0.4) is 0 Å². The summed E-state index contributed by atoms with van der Waals surface area (Å²) in [5, 5.41) is 6.15. The molecule has 1 saturated heterocycles. The van der Waals surface area contributed by atoms with E-state index in [2.05, 4.69) is 15.5 Å². The summed E-state index contributed by atoms with van der Waals surface area (Å²) < 4.78 is 13.0. The van der Waals surface area contributed by atoms with Gasteiger partial charge in [0.25, 0.3) is 0 Å². The molecule has 1 aliphatic carbocycles. The van der Waals surface area contributed by atoms with Crippen molar-refractivity contribution in [3.63, 3.8) is 0 Å². The lowest BCUT2D eigenvalue weighted by Crippen LogP contribution is -2.52. The Hall–Kier alpha value is -1.95. The summed E-state index contributed by atoms with van der Waals surface area (Å²) in [6, 6.07) is 6.18. The van der Waals surface area contributed by atoms with Crippen LogP contribution in [0.15, 0.2) is 24.3 Å². The maximum atomic E-state index is 13.0. The van der Waals surface area contributed by atoms with Crippen molar-refractivity contribution in [2.75, 3.05) is 13.1 Å². The molecule has 1 aliphatic heterocycles. The Balaban J connectivity index is 1.47. The van der Waals surface area contributed by atoms with Gasteiger partial charge in [0, 0.05) is 19.1 Å². The Morgan fingerprint density at radius 3 is 2.54 bits per heavy atom. The van der Waals surface area contributed by atoms with Gasteiger partial charge in [0.1, 0.15) is 5.82 Å². The Morgan fingerprint density at radius 2 is 1.82 bits per heavy atom. The molecule has 1 aromatic rings. The molecule has 1 saturated carbocycles. The van der Waals surface area contributed by atoms with Crippen LogP contribution in [0.1, 0.15) is 57.4 Å². The number of likely N-dealkylation sites (tertiary alicyclic amines) is 1. The van der Waals surface area contributed by atoms with E-state index in [0.29, 0.717) is 19.1 Å². The number of nitrogens with zero attached hydrogens (tertiary/aromatic N) is 1. The van der Waals surface area contributed by atoms with Crippen LogP contribution in [0.25, 0.3) is 0 Å². The number of hydrogen-bond donors (Lipinski definition) is 2. The molecule has 2 atom stereocenters. The SMILES string of the molecule is CC(C(=O)NCc1ccc(F)cc1)N1CCCC(C(=O)NC2CCCCC2)C1. The van der Waals surface area contributed by atoms with Crippen molar-refractivity contribution in [1.82, 2.24) is 15.5 Å². The van der Waals surface area contributed by atoms with E-state index >= 15 is 0 Å². The number of hydrogen-bond acceptors (Lipinski definition) is 3. The highest BCUT2D eigenvalue weighted by atomic mass is 19.1. The quantitative estimate of drug-likeness (QED) is 0.786. The zero-order valence-electron chi connectivity index (χ0n) is 16.8. The first-order chi connectivity index (χ1) is 13.5. The highest BCUT2D eigenvalue weighted by molar-refractivity contribution is 5.82. The lowest BCUT2D eigenvalue weighted by molar-refractivity contribution is -0.131. The average molecular weight is 390 g/mol. The normalized spacial score (nSPS) is 22.4. The molecule has 2 aliphatic rings. The van der Waals surface area contributed by atoms with Crippen LogP contribution in [-0.4, -0.2) is 41.9 Å². The Bertz CT molecular complexity index is 658. The third-order valence-corrected chi connectivity index (χ3v) is 6.08. The summed E-state index contributed by atoms with van der Waals surface area (Å²) in [6.45, 7) is 3.73. The number of piperidine rings is 1. The molecule has 1 aromatic carbocycles. The molecule has 2 N–H and O–H groups in total. The summed E-state index contributed by atoms with van der Waals surface area (Å²) in [5.74, 6) is -0.231. The van der Waals surface area contributed by atoms with E-state index in [1.165, 1.54) is 31.4 Å². The van der Waals surface area contributed by atoms with Gasteiger partial charge in [0.2, 0.25) is 11.8 Å². The number of halogens is 1. The van der Waals surface area contributed by atoms with Gasteiger partial charge in [-0.3, -0.25) is 14.5 Å². The molecule has 0 bridgehead atoms. The maximum absolute atomic E-state index is 13.0. The van der Waals surface area contributed by atoms with Crippen LogP contribution in [0.5, 0.6) is 0 Å². The number of nitrogens with one attached hydrogen (secondary N) is 2. The van der Waals surface area contributed by atoms with Gasteiger partial charge in [-0.25, -0.2) is 4.39 Å². The predicted molar refractivity (Wildman–Crippen MR) is 107 cm³/mol. The fraction of sp³-hybridized carbons (Fsp3) is 0.636. The van der Waals surface area contributed by atoms with Gasteiger partial charge in [-0.2, -0.15) is 0 Å². The zero-order chi connectivity index (χ0) is 19.9. The van der Waals surface area contributed by atoms with Gasteiger partial charge < -0.3 is 10.6 Å². The van der Waals surface area contributed by atoms with Gasteiger partial charge >= 0.3 is 0 Å². The third-order valence-electron chi connectivity index (χ3n) is 6.08. The van der Waals surface area contributed by atoms with E-state index in [9.17, 15) is 14.0 Å². The first-order valence-electron chi connectivity index (χ1n) is 10.6. The van der Waals surface area contributed by atoms with Gasteiger partial charge in [-0.15, -0.1) is 0 Å². The van der Waals surface area contributed by atoms with Crippen LogP contribution in [-0.2, 0) is 16.1 Å². The molecular formula is C22H32FN3O2. The second kappa shape index (κ2) is 10.0. The number of benzene rings is 1. The molecule has 0 radical (unpaired) electrons. The van der Waals surface area contributed by atoms with Gasteiger partial charge in [0.05, 0.1) is 12.0 Å². The minimum Gasteiger partial charge on any atom is -0.353 e. The van der Waals surface area contributed by atoms with Crippen molar-refractivity contribution in [3.05, 3.63) is 35.6 Å². The minimum atomic E-state index is -0.286. The molecule has 154 valence electrons. The summed E-state index contributed by atoms with van der Waals surface area (Å²) in [7, 11) is 0. The van der Waals surface area contributed by atoms with E-state index < -0.39 is 0 Å². The number of carbonyl (C=O) groups is 2. The molecule has 2 unspecified atom stereocenters. The van der Waals surface area contributed by atoms with Crippen molar-refractivity contribution in [3.8, 4) is 0 Å². The second-order valence-corrected chi connectivity index (χ2v) is 8.20. The van der Waals surface area contributed by atoms with Gasteiger partial charge in [0.15, 0.2) is 0 Å². The Kier molecular flexibility index (Phi) is 7.43. The molecule has 1 heterocycles. The standard InChI is InChI=1S/C22H32FN3O2/c1-16(21(27)24-14-17-9-11-19(23)12-10-17)26-13-5-6-18(15-26)22(28)25-20-7-3-2-4-8-20/h9-12,16,18,20H,2-8,13-15H2,1H3,(H,24,27)(H,25,28). The van der Waals surface area contributed by atoms with E-state index in [-0.39, 0.29) is 29.6 Å². The summed E-state index contributed by atoms with van der Waals surface area (Å²) in [6.07, 6.45) is 7.67. The lowest BCUT2D eigenvalue weighted by atomic mass is 9.92. The largest absolute Gasteiger partial charge is 0.353 e. The molecule has 2 amide bonds. The van der Waals surface area contributed by atoms with E-state index in [4.69, 9.17) is 0 Å². The molecule has 5 nitrogen and oxygen atoms in total. The summed E-state index contributed by atoms with van der Waals surface area (Å²) in [4.78, 5) is 27.3. The zero-order valence-corrected chi connectivity index (χ0v) is 16.8. The fourth-order valence-electron chi connectivity index (χ4n) is 4.24. The van der Waals surface area contributed by atoms with Crippen LogP contribution < -0.4 is 10.6 Å². The van der Waals surface area contributed by atoms with Gasteiger partial charge in [-0.1, -0.05) is 31.4 Å². The molecule has 0 spiro atoms. The van der Waals surface area contributed by atoms with Gasteiger partial charge in [-0.05, 0) is 56.8 Å². The smallest absolute Gasteiger partial charge is 0.237 e. The maximum Gasteiger partial charge on any atom is 0.237 e. The van der Waals surface area contributed by atoms with E-state index in [1.54, 1.807) is 12.1 Å². The second-order valence-electron chi connectivity index (χ2n) is 8.20. The number of rotatable bonds is 6. The highest BCUT2D eigenvalue weighted by Gasteiger charge is 2.31. The molecule has 6 heteroatoms. The van der Waals surface area contributed by atoms with Crippen LogP contribution in [0, 0.1) is 11.7 Å². The van der Waals surface area contributed by atoms with Crippen molar-refractivity contribution in [2.24, 2.45) is 5.92 Å². The topological polar surface area (TPSA) is 61.4 Å². The van der Waals surface area contributed by atoms with E-state index in [0.717, 1.165) is 37.8 Å². The van der Waals surface area contributed by atoms with Crippen LogP contribution in [0.2, 0.25) is 0 Å². The summed E-state index contributed by atoms with van der Waals surface area (Å²) in [5.41, 5.74) is 0.866. The van der Waals surface area contributed by atoms with Crippen LogP contribution >= 0.6 is 0 Å². The third kappa shape index (κ3) is 5.77. The monoisotopic (exact) mass is 389 g/mol. The molecule has 28 heavy (non-hydrogen) atoms. The van der Waals surface area contributed by atoms with Crippen molar-refractivity contribution >= 4 is 11.8 Å². The van der Waals surface area contributed by atoms with E-state index in [1.807, 2.05) is 6.92 Å². The molecule has 0 aromatic heterocycles. The first kappa shape index (κ1) is 20.8. The number of amides is 2. The molecule has 3 rings (SSSR count). The van der Waals surface area contributed by atoms with Crippen molar-refractivity contribution < 1.29 is 14.0 Å². The lowest BCUT2D eigenvalue weighted by Gasteiger charge is -2.36. The molecular weight excluding hydrogens is 357 g/mol. The fourth-order valence-corrected chi connectivity index (χ4v) is 4.24. The average Bonchev–Trinajstić information content (AvgIpc) is 2.73. The van der Waals surface area contributed by atoms with Crippen molar-refractivity contribution in [2.45, 2.75) is 70.5 Å². The molecule has 2 fully saturated rings. The Morgan fingerprint density at radius 1 is 1.11 bits per heavy atom. The highest BCUT2D eigenvalue weighted by Crippen LogP contribution is 2.22. The predicted octanol–water partition coefficient (Wildman–Crippen LogP) is 2.99. The van der Waals surface area contributed by atoms with Crippen LogP contribution in [0.4, 0.5) is 4.39 Å². The number of carbonyl (C=O) groups excluding carboxylic acids is 2. The van der Waals surface area contributed by atoms with Crippen molar-refractivity contribution in [1.29, 1.82) is 0 Å². The Labute approximate surface area is 167 Å².